The van der Waals surface area contributed by atoms with Crippen molar-refractivity contribution in [3.8, 4) is 11.3 Å². The maximum absolute atomic E-state index is 14.0. The lowest BCUT2D eigenvalue weighted by Crippen LogP contribution is -2.32. The zero-order chi connectivity index (χ0) is 14.0. The number of nitrogens with zero attached hydrogens (tertiary/aromatic N) is 3. The van der Waals surface area contributed by atoms with E-state index in [9.17, 15) is 4.39 Å². The van der Waals surface area contributed by atoms with Crippen LogP contribution in [0.4, 0.5) is 4.39 Å². The summed E-state index contributed by atoms with van der Waals surface area (Å²) in [5.74, 6) is 0. The first-order valence-electron chi connectivity index (χ1n) is 6.65. The molecule has 106 valence electrons. The van der Waals surface area contributed by atoms with Crippen molar-refractivity contribution in [1.82, 2.24) is 20.1 Å². The van der Waals surface area contributed by atoms with Gasteiger partial charge in [0, 0.05) is 43.2 Å². The Labute approximate surface area is 116 Å². The zero-order valence-electron chi connectivity index (χ0n) is 11.1. The molecule has 1 atom stereocenters. The Hall–Kier alpha value is -1.79. The molecule has 1 fully saturated rings. The average Bonchev–Trinajstić information content (AvgIpc) is 3.08. The highest BCUT2D eigenvalue weighted by Gasteiger charge is 2.37. The maximum atomic E-state index is 14.0. The lowest BCUT2D eigenvalue weighted by molar-refractivity contribution is 0.0769. The Morgan fingerprint density at radius 3 is 3.05 bits per heavy atom. The maximum Gasteiger partial charge on any atom is 0.147 e. The number of hydrogen-bond acceptors (Lipinski definition) is 4. The van der Waals surface area contributed by atoms with Gasteiger partial charge < -0.3 is 5.11 Å². The van der Waals surface area contributed by atoms with Crippen molar-refractivity contribution in [2.45, 2.75) is 18.6 Å². The van der Waals surface area contributed by atoms with Crippen LogP contribution in [0.3, 0.4) is 0 Å². The quantitative estimate of drug-likeness (QED) is 0.885. The SMILES string of the molecule is OCC1(F)CCN(Cc2cn[nH]c2-c2cccnc2)C1. The number of likely N-dealkylation sites (tertiary alicyclic amines) is 1. The minimum atomic E-state index is -1.46. The Balaban J connectivity index is 1.75. The highest BCUT2D eigenvalue weighted by Crippen LogP contribution is 2.28. The fourth-order valence-corrected chi connectivity index (χ4v) is 2.61. The van der Waals surface area contributed by atoms with E-state index in [-0.39, 0.29) is 6.54 Å². The molecule has 0 radical (unpaired) electrons. The Morgan fingerprint density at radius 1 is 1.45 bits per heavy atom. The smallest absolute Gasteiger partial charge is 0.147 e. The normalized spacial score (nSPS) is 23.3. The summed E-state index contributed by atoms with van der Waals surface area (Å²) in [5.41, 5.74) is 1.43. The summed E-state index contributed by atoms with van der Waals surface area (Å²) >= 11 is 0. The number of aromatic amines is 1. The first-order chi connectivity index (χ1) is 9.70. The number of nitrogens with one attached hydrogen (secondary N) is 1. The highest BCUT2D eigenvalue weighted by molar-refractivity contribution is 5.61. The van der Waals surface area contributed by atoms with E-state index >= 15 is 0 Å². The van der Waals surface area contributed by atoms with Gasteiger partial charge in [0.05, 0.1) is 18.5 Å². The van der Waals surface area contributed by atoms with Gasteiger partial charge in [-0.05, 0) is 18.6 Å². The van der Waals surface area contributed by atoms with Gasteiger partial charge in [0.1, 0.15) is 5.67 Å². The molecule has 3 rings (SSSR count). The Bertz CT molecular complexity index is 574. The number of H-pyrrole nitrogens is 1. The van der Waals surface area contributed by atoms with Crippen LogP contribution in [0.2, 0.25) is 0 Å². The van der Waals surface area contributed by atoms with Gasteiger partial charge in [-0.2, -0.15) is 5.10 Å². The molecular weight excluding hydrogens is 259 g/mol. The number of halogens is 1. The van der Waals surface area contributed by atoms with Crippen LogP contribution in [0.1, 0.15) is 12.0 Å². The second-order valence-corrected chi connectivity index (χ2v) is 5.28. The number of pyridine rings is 1. The van der Waals surface area contributed by atoms with E-state index in [0.29, 0.717) is 19.5 Å². The van der Waals surface area contributed by atoms with E-state index in [4.69, 9.17) is 5.11 Å². The van der Waals surface area contributed by atoms with Crippen LogP contribution in [-0.2, 0) is 6.54 Å². The topological polar surface area (TPSA) is 65.0 Å². The van der Waals surface area contributed by atoms with Crippen LogP contribution in [0.5, 0.6) is 0 Å². The molecule has 0 saturated carbocycles. The Kier molecular flexibility index (Phi) is 3.50. The molecular formula is C14H17FN4O. The third-order valence-corrected chi connectivity index (χ3v) is 3.73. The van der Waals surface area contributed by atoms with Crippen molar-refractivity contribution in [3.63, 3.8) is 0 Å². The minimum Gasteiger partial charge on any atom is -0.393 e. The number of aliphatic hydroxyl groups is 1. The van der Waals surface area contributed by atoms with Gasteiger partial charge >= 0.3 is 0 Å². The molecule has 0 aliphatic carbocycles. The molecule has 20 heavy (non-hydrogen) atoms. The second-order valence-electron chi connectivity index (χ2n) is 5.28. The van der Waals surface area contributed by atoms with Gasteiger partial charge in [-0.15, -0.1) is 0 Å². The van der Waals surface area contributed by atoms with Crippen LogP contribution >= 0.6 is 0 Å². The third-order valence-electron chi connectivity index (χ3n) is 3.73. The molecule has 0 spiro atoms. The van der Waals surface area contributed by atoms with Gasteiger partial charge in [-0.25, -0.2) is 4.39 Å². The molecule has 3 heterocycles. The largest absolute Gasteiger partial charge is 0.393 e. The van der Waals surface area contributed by atoms with E-state index in [2.05, 4.69) is 15.2 Å². The number of aromatic nitrogens is 3. The van der Waals surface area contributed by atoms with Crippen LogP contribution < -0.4 is 0 Å². The number of hydrogen-bond donors (Lipinski definition) is 2. The van der Waals surface area contributed by atoms with Crippen LogP contribution in [0.25, 0.3) is 11.3 Å². The van der Waals surface area contributed by atoms with E-state index < -0.39 is 12.3 Å². The number of alkyl halides is 1. The van der Waals surface area contributed by atoms with Crippen molar-refractivity contribution in [2.75, 3.05) is 19.7 Å². The summed E-state index contributed by atoms with van der Waals surface area (Å²) in [6.45, 7) is 1.12. The van der Waals surface area contributed by atoms with E-state index in [1.54, 1.807) is 18.6 Å². The monoisotopic (exact) mass is 276 g/mol. The van der Waals surface area contributed by atoms with Crippen molar-refractivity contribution in [3.05, 3.63) is 36.3 Å². The predicted octanol–water partition coefficient (Wildman–Crippen LogP) is 1.38. The summed E-state index contributed by atoms with van der Waals surface area (Å²) in [6.07, 6.45) is 5.63. The molecule has 1 aliphatic rings. The molecule has 1 aliphatic heterocycles. The number of rotatable bonds is 4. The summed E-state index contributed by atoms with van der Waals surface area (Å²) in [4.78, 5) is 6.10. The van der Waals surface area contributed by atoms with Gasteiger partial charge in [-0.3, -0.25) is 15.0 Å². The molecule has 6 heteroatoms. The molecule has 2 aromatic rings. The van der Waals surface area contributed by atoms with Crippen LogP contribution in [0.15, 0.2) is 30.7 Å². The number of aliphatic hydroxyl groups excluding tert-OH is 1. The van der Waals surface area contributed by atoms with Crippen molar-refractivity contribution in [2.24, 2.45) is 0 Å². The first-order valence-corrected chi connectivity index (χ1v) is 6.65. The lowest BCUT2D eigenvalue weighted by atomic mass is 10.1. The molecule has 0 bridgehead atoms. The van der Waals surface area contributed by atoms with Crippen molar-refractivity contribution < 1.29 is 9.50 Å². The Morgan fingerprint density at radius 2 is 2.35 bits per heavy atom. The summed E-state index contributed by atoms with van der Waals surface area (Å²) in [7, 11) is 0. The van der Waals surface area contributed by atoms with E-state index in [1.165, 1.54) is 0 Å². The van der Waals surface area contributed by atoms with E-state index in [0.717, 1.165) is 16.8 Å². The fraction of sp³-hybridized carbons (Fsp3) is 0.429. The van der Waals surface area contributed by atoms with Crippen LogP contribution in [-0.4, -0.2) is 50.6 Å². The standard InChI is InChI=1S/C14H17FN4O/c15-14(10-20)3-5-19(9-14)8-12-7-17-18-13(12)11-2-1-4-16-6-11/h1-2,4,6-7,20H,3,5,8-10H2,(H,17,18). The van der Waals surface area contributed by atoms with Gasteiger partial charge in [0.2, 0.25) is 0 Å². The summed E-state index contributed by atoms with van der Waals surface area (Å²) < 4.78 is 14.0. The third kappa shape index (κ3) is 2.57. The molecule has 5 nitrogen and oxygen atoms in total. The second kappa shape index (κ2) is 5.30. The van der Waals surface area contributed by atoms with Crippen LogP contribution in [0, 0.1) is 0 Å². The lowest BCUT2D eigenvalue weighted by Gasteiger charge is -2.18. The first kappa shape index (κ1) is 13.2. The molecule has 0 aromatic carbocycles. The molecule has 1 unspecified atom stereocenters. The molecule has 1 saturated heterocycles. The molecule has 2 N–H and O–H groups in total. The van der Waals surface area contributed by atoms with Crippen molar-refractivity contribution in [1.29, 1.82) is 0 Å². The zero-order valence-corrected chi connectivity index (χ0v) is 11.1. The average molecular weight is 276 g/mol. The van der Waals surface area contributed by atoms with Gasteiger partial charge in [0.25, 0.3) is 0 Å². The van der Waals surface area contributed by atoms with Crippen molar-refractivity contribution >= 4 is 0 Å². The fourth-order valence-electron chi connectivity index (χ4n) is 2.61. The van der Waals surface area contributed by atoms with Gasteiger partial charge in [0.15, 0.2) is 0 Å². The highest BCUT2D eigenvalue weighted by atomic mass is 19.1. The minimum absolute atomic E-state index is 0.265. The van der Waals surface area contributed by atoms with E-state index in [1.807, 2.05) is 17.0 Å². The molecule has 2 aromatic heterocycles. The predicted molar refractivity (Wildman–Crippen MR) is 72.6 cm³/mol. The molecule has 0 amide bonds. The van der Waals surface area contributed by atoms with Gasteiger partial charge in [-0.1, -0.05) is 0 Å². The summed E-state index contributed by atoms with van der Waals surface area (Å²) in [5, 5.41) is 16.1. The summed E-state index contributed by atoms with van der Waals surface area (Å²) in [6, 6.07) is 3.83.